The molecule has 1 atom stereocenters. The van der Waals surface area contributed by atoms with Crippen molar-refractivity contribution in [3.63, 3.8) is 0 Å². The largest absolute Gasteiger partial charge is 0.490 e. The van der Waals surface area contributed by atoms with Crippen LogP contribution >= 0.6 is 0 Å². The van der Waals surface area contributed by atoms with Crippen LogP contribution in [0.25, 0.3) is 0 Å². The van der Waals surface area contributed by atoms with Crippen molar-refractivity contribution in [2.45, 2.75) is 44.8 Å². The number of aromatic carboxylic acids is 1. The molecule has 0 radical (unpaired) electrons. The SMILES string of the molecule is Cc1cccc(N2CCN(c3ccc(C(=O)O)cc3NS(=O)(=O)c3cc(C)cc(C)c3)CC2C)c1.O=C(O)C(F)(F)F. The maximum Gasteiger partial charge on any atom is 0.490 e. The van der Waals surface area contributed by atoms with Crippen LogP contribution in [0.15, 0.2) is 65.6 Å². The minimum absolute atomic E-state index is 0.0262. The molecule has 226 valence electrons. The van der Waals surface area contributed by atoms with Gasteiger partial charge in [-0.2, -0.15) is 13.2 Å². The van der Waals surface area contributed by atoms with E-state index in [2.05, 4.69) is 46.6 Å². The maximum atomic E-state index is 13.3. The van der Waals surface area contributed by atoms with Gasteiger partial charge < -0.3 is 20.0 Å². The molecule has 13 heteroatoms. The Morgan fingerprint density at radius 3 is 2.05 bits per heavy atom. The second-order valence-electron chi connectivity index (χ2n) is 10.1. The zero-order chi connectivity index (χ0) is 31.4. The Morgan fingerprint density at radius 1 is 0.905 bits per heavy atom. The first-order valence-corrected chi connectivity index (χ1v) is 14.3. The fourth-order valence-corrected chi connectivity index (χ4v) is 5.94. The normalized spacial score (nSPS) is 15.5. The number of alkyl halides is 3. The van der Waals surface area contributed by atoms with Gasteiger partial charge in [0.05, 0.1) is 21.8 Å². The van der Waals surface area contributed by atoms with Crippen LogP contribution < -0.4 is 14.5 Å². The number of carbonyl (C=O) groups is 2. The average Bonchev–Trinajstić information content (AvgIpc) is 2.87. The quantitative estimate of drug-likeness (QED) is 0.337. The lowest BCUT2D eigenvalue weighted by molar-refractivity contribution is -0.192. The van der Waals surface area contributed by atoms with Gasteiger partial charge in [-0.1, -0.05) is 18.2 Å². The van der Waals surface area contributed by atoms with E-state index < -0.39 is 28.1 Å². The summed E-state index contributed by atoms with van der Waals surface area (Å²) in [6.07, 6.45) is -5.08. The number of sulfonamides is 1. The molecule has 9 nitrogen and oxygen atoms in total. The van der Waals surface area contributed by atoms with E-state index >= 15 is 0 Å². The van der Waals surface area contributed by atoms with Crippen LogP contribution in [0.3, 0.4) is 0 Å². The molecule has 0 aliphatic carbocycles. The van der Waals surface area contributed by atoms with Crippen LogP contribution in [-0.2, 0) is 14.8 Å². The highest BCUT2D eigenvalue weighted by atomic mass is 32.2. The number of anilines is 3. The molecule has 0 saturated carbocycles. The van der Waals surface area contributed by atoms with Crippen molar-refractivity contribution >= 4 is 39.0 Å². The number of rotatable bonds is 6. The van der Waals surface area contributed by atoms with Crippen molar-refractivity contribution < 1.29 is 41.4 Å². The average molecular weight is 608 g/mol. The summed E-state index contributed by atoms with van der Waals surface area (Å²) in [5.74, 6) is -3.87. The van der Waals surface area contributed by atoms with Crippen molar-refractivity contribution in [2.24, 2.45) is 0 Å². The maximum absolute atomic E-state index is 13.3. The Labute approximate surface area is 242 Å². The molecule has 0 aromatic heterocycles. The molecule has 1 fully saturated rings. The molecule has 42 heavy (non-hydrogen) atoms. The Bertz CT molecular complexity index is 1560. The van der Waals surface area contributed by atoms with Crippen molar-refractivity contribution in [3.05, 3.63) is 82.9 Å². The second-order valence-corrected chi connectivity index (χ2v) is 11.8. The molecule has 3 aromatic carbocycles. The summed E-state index contributed by atoms with van der Waals surface area (Å²) in [6.45, 7) is 9.99. The van der Waals surface area contributed by atoms with Gasteiger partial charge >= 0.3 is 18.1 Å². The summed E-state index contributed by atoms with van der Waals surface area (Å²) >= 11 is 0. The number of halogens is 3. The summed E-state index contributed by atoms with van der Waals surface area (Å²) in [6, 6.07) is 18.3. The van der Waals surface area contributed by atoms with E-state index in [0.717, 1.165) is 23.4 Å². The number of aliphatic carboxylic acids is 1. The van der Waals surface area contributed by atoms with Gasteiger partial charge in [0.1, 0.15) is 0 Å². The third-order valence-corrected chi connectivity index (χ3v) is 7.88. The number of carboxylic acid groups (broad SMARTS) is 2. The van der Waals surface area contributed by atoms with Crippen LogP contribution in [-0.4, -0.2) is 62.4 Å². The molecular formula is C29H32F3N3O6S. The summed E-state index contributed by atoms with van der Waals surface area (Å²) in [5, 5.41) is 16.7. The number of hydrogen-bond acceptors (Lipinski definition) is 6. The van der Waals surface area contributed by atoms with Crippen LogP contribution in [0.2, 0.25) is 0 Å². The van der Waals surface area contributed by atoms with Crippen molar-refractivity contribution in [1.29, 1.82) is 0 Å². The van der Waals surface area contributed by atoms with E-state index in [1.807, 2.05) is 26.0 Å². The smallest absolute Gasteiger partial charge is 0.478 e. The minimum atomic E-state index is -5.08. The lowest BCUT2D eigenvalue weighted by Gasteiger charge is -2.43. The van der Waals surface area contributed by atoms with E-state index in [1.165, 1.54) is 17.7 Å². The molecule has 1 saturated heterocycles. The summed E-state index contributed by atoms with van der Waals surface area (Å²) in [7, 11) is -3.91. The Balaban J connectivity index is 0.000000616. The molecule has 3 N–H and O–H groups in total. The van der Waals surface area contributed by atoms with Crippen molar-refractivity contribution in [3.8, 4) is 0 Å². The zero-order valence-electron chi connectivity index (χ0n) is 23.4. The number of aryl methyl sites for hydroxylation is 3. The van der Waals surface area contributed by atoms with Gasteiger partial charge in [-0.05, 0) is 86.8 Å². The summed E-state index contributed by atoms with van der Waals surface area (Å²) in [5.41, 5.74) is 4.99. The number of benzene rings is 3. The highest BCUT2D eigenvalue weighted by Gasteiger charge is 2.38. The molecule has 0 spiro atoms. The predicted octanol–water partition coefficient (Wildman–Crippen LogP) is 5.46. The summed E-state index contributed by atoms with van der Waals surface area (Å²) in [4.78, 5) is 25.2. The topological polar surface area (TPSA) is 127 Å². The molecule has 3 aromatic rings. The molecule has 0 bridgehead atoms. The van der Waals surface area contributed by atoms with Crippen LogP contribution in [0, 0.1) is 20.8 Å². The van der Waals surface area contributed by atoms with Gasteiger partial charge in [-0.15, -0.1) is 0 Å². The van der Waals surface area contributed by atoms with Gasteiger partial charge in [-0.3, -0.25) is 4.72 Å². The fraction of sp³-hybridized carbons (Fsp3) is 0.310. The van der Waals surface area contributed by atoms with Gasteiger partial charge in [-0.25, -0.2) is 18.0 Å². The Morgan fingerprint density at radius 2 is 1.52 bits per heavy atom. The van der Waals surface area contributed by atoms with E-state index in [0.29, 0.717) is 18.8 Å². The summed E-state index contributed by atoms with van der Waals surface area (Å²) < 4.78 is 60.9. The lowest BCUT2D eigenvalue weighted by Crippen LogP contribution is -2.52. The molecular weight excluding hydrogens is 575 g/mol. The van der Waals surface area contributed by atoms with E-state index in [-0.39, 0.29) is 22.2 Å². The number of nitrogens with one attached hydrogen (secondary N) is 1. The van der Waals surface area contributed by atoms with Crippen molar-refractivity contribution in [2.75, 3.05) is 34.2 Å². The Hall–Kier alpha value is -4.26. The lowest BCUT2D eigenvalue weighted by atomic mass is 10.1. The minimum Gasteiger partial charge on any atom is -0.478 e. The molecule has 4 rings (SSSR count). The van der Waals surface area contributed by atoms with Gasteiger partial charge in [0.15, 0.2) is 0 Å². The number of carboxylic acids is 2. The second kappa shape index (κ2) is 12.7. The predicted molar refractivity (Wildman–Crippen MR) is 154 cm³/mol. The standard InChI is InChI=1S/C27H31N3O4S.C2HF3O2/c1-18-6-5-7-23(13-18)30-11-10-29(17-21(30)4)26-9-8-22(27(31)32)16-25(26)28-35(33,34)24-14-19(2)12-20(3)15-24;3-2(4,5)1(6)7/h5-9,12-16,21,28H,10-11,17H2,1-4H3,(H,31,32);(H,6,7). The first kappa shape index (κ1) is 32.3. The highest BCUT2D eigenvalue weighted by molar-refractivity contribution is 7.92. The highest BCUT2D eigenvalue weighted by Crippen LogP contribution is 2.33. The van der Waals surface area contributed by atoms with Crippen LogP contribution in [0.5, 0.6) is 0 Å². The first-order chi connectivity index (χ1) is 19.5. The molecule has 1 heterocycles. The number of hydrogen-bond donors (Lipinski definition) is 3. The zero-order valence-corrected chi connectivity index (χ0v) is 24.3. The van der Waals surface area contributed by atoms with Crippen LogP contribution in [0.1, 0.15) is 34.0 Å². The van der Waals surface area contributed by atoms with Gasteiger partial charge in [0.2, 0.25) is 0 Å². The van der Waals surface area contributed by atoms with Crippen LogP contribution in [0.4, 0.5) is 30.2 Å². The number of piperazine rings is 1. The van der Waals surface area contributed by atoms with Gasteiger partial charge in [0.25, 0.3) is 10.0 Å². The number of nitrogens with zero attached hydrogens (tertiary/aromatic N) is 2. The monoisotopic (exact) mass is 607 g/mol. The third kappa shape index (κ3) is 8.15. The van der Waals surface area contributed by atoms with E-state index in [4.69, 9.17) is 9.90 Å². The molecule has 1 aliphatic heterocycles. The fourth-order valence-electron chi connectivity index (χ4n) is 4.68. The van der Waals surface area contributed by atoms with E-state index in [1.54, 1.807) is 18.2 Å². The first-order valence-electron chi connectivity index (χ1n) is 12.8. The van der Waals surface area contributed by atoms with E-state index in [9.17, 15) is 31.5 Å². The molecule has 1 unspecified atom stereocenters. The molecule has 1 aliphatic rings. The third-order valence-electron chi connectivity index (χ3n) is 6.54. The van der Waals surface area contributed by atoms with Gasteiger partial charge in [0, 0.05) is 31.4 Å². The molecule has 0 amide bonds. The Kier molecular flexibility index (Phi) is 9.77. The van der Waals surface area contributed by atoms with Crippen molar-refractivity contribution in [1.82, 2.24) is 0 Å².